The Morgan fingerprint density at radius 2 is 1.79 bits per heavy atom. The highest BCUT2D eigenvalue weighted by Gasteiger charge is 2.44. The third-order valence-corrected chi connectivity index (χ3v) is 5.86. The number of morpholine rings is 1. The van der Waals surface area contributed by atoms with Crippen LogP contribution in [-0.2, 0) is 9.47 Å². The average molecular weight is 396 g/mol. The van der Waals surface area contributed by atoms with Crippen molar-refractivity contribution in [1.29, 1.82) is 0 Å². The standard InChI is InChI=1S/C23H28N2O4/c1-24(2)14-23(15-26)16-28-12-11-25(23)22(27)29-13-21-19-9-5-3-7-17(19)18-8-4-6-10-20(18)21/h3-10,21,26H,11-16H2,1-2H3. The zero-order valence-corrected chi connectivity index (χ0v) is 17.0. The van der Waals surface area contributed by atoms with Crippen LogP contribution in [0, 0.1) is 0 Å². The Morgan fingerprint density at radius 3 is 2.38 bits per heavy atom. The van der Waals surface area contributed by atoms with E-state index >= 15 is 0 Å². The van der Waals surface area contributed by atoms with Gasteiger partial charge < -0.3 is 19.5 Å². The summed E-state index contributed by atoms with van der Waals surface area (Å²) in [7, 11) is 3.84. The molecule has 6 heteroatoms. The minimum absolute atomic E-state index is 0.0183. The monoisotopic (exact) mass is 396 g/mol. The van der Waals surface area contributed by atoms with Gasteiger partial charge in [-0.25, -0.2) is 4.79 Å². The van der Waals surface area contributed by atoms with E-state index in [1.165, 1.54) is 22.3 Å². The highest BCUT2D eigenvalue weighted by Crippen LogP contribution is 2.44. The maximum atomic E-state index is 13.1. The van der Waals surface area contributed by atoms with E-state index in [1.54, 1.807) is 4.90 Å². The number of ether oxygens (including phenoxy) is 2. The summed E-state index contributed by atoms with van der Waals surface area (Å²) in [4.78, 5) is 16.6. The van der Waals surface area contributed by atoms with Gasteiger partial charge in [0.15, 0.2) is 0 Å². The minimum Gasteiger partial charge on any atom is -0.448 e. The highest BCUT2D eigenvalue weighted by molar-refractivity contribution is 5.79. The van der Waals surface area contributed by atoms with E-state index < -0.39 is 11.6 Å². The summed E-state index contributed by atoms with van der Waals surface area (Å²) in [6, 6.07) is 16.6. The second-order valence-corrected chi connectivity index (χ2v) is 8.13. The maximum absolute atomic E-state index is 13.1. The highest BCUT2D eigenvalue weighted by atomic mass is 16.6. The summed E-state index contributed by atoms with van der Waals surface area (Å²) in [6.45, 7) is 1.76. The molecule has 1 aliphatic heterocycles. The Labute approximate surface area is 171 Å². The van der Waals surface area contributed by atoms with E-state index in [2.05, 4.69) is 24.3 Å². The van der Waals surface area contributed by atoms with Crippen molar-refractivity contribution >= 4 is 6.09 Å². The third kappa shape index (κ3) is 3.64. The zero-order chi connectivity index (χ0) is 20.4. The van der Waals surface area contributed by atoms with E-state index in [9.17, 15) is 9.90 Å². The Morgan fingerprint density at radius 1 is 1.17 bits per heavy atom. The number of aliphatic hydroxyl groups excluding tert-OH is 1. The first-order valence-corrected chi connectivity index (χ1v) is 10.0. The predicted molar refractivity (Wildman–Crippen MR) is 111 cm³/mol. The number of hydrogen-bond donors (Lipinski definition) is 1. The first-order chi connectivity index (χ1) is 14.1. The van der Waals surface area contributed by atoms with Crippen LogP contribution in [0.3, 0.4) is 0 Å². The number of carbonyl (C=O) groups excluding carboxylic acids is 1. The SMILES string of the molecule is CN(C)CC1(CO)COCCN1C(=O)OCC1c2ccccc2-c2ccccc21. The van der Waals surface area contributed by atoms with E-state index in [0.717, 1.165) is 0 Å². The van der Waals surface area contributed by atoms with Crippen molar-refractivity contribution in [2.75, 3.05) is 53.6 Å². The normalized spacial score (nSPS) is 21.2. The number of rotatable bonds is 5. The molecule has 0 radical (unpaired) electrons. The smallest absolute Gasteiger partial charge is 0.410 e. The molecule has 4 rings (SSSR count). The van der Waals surface area contributed by atoms with Crippen molar-refractivity contribution in [1.82, 2.24) is 9.80 Å². The summed E-state index contributed by atoms with van der Waals surface area (Å²) >= 11 is 0. The van der Waals surface area contributed by atoms with Crippen LogP contribution in [-0.4, -0.2) is 80.2 Å². The lowest BCUT2D eigenvalue weighted by molar-refractivity contribution is -0.0907. The molecule has 1 heterocycles. The van der Waals surface area contributed by atoms with Gasteiger partial charge in [0, 0.05) is 19.0 Å². The first kappa shape index (κ1) is 19.9. The maximum Gasteiger partial charge on any atom is 0.410 e. The number of aliphatic hydroxyl groups is 1. The molecule has 1 N–H and O–H groups in total. The van der Waals surface area contributed by atoms with Gasteiger partial charge in [-0.3, -0.25) is 4.90 Å². The summed E-state index contributed by atoms with van der Waals surface area (Å²) in [5.41, 5.74) is 3.99. The Bertz CT molecular complexity index is 839. The lowest BCUT2D eigenvalue weighted by atomic mass is 9.97. The van der Waals surface area contributed by atoms with Gasteiger partial charge in [0.1, 0.15) is 12.1 Å². The molecule has 2 aliphatic rings. The quantitative estimate of drug-likeness (QED) is 0.842. The number of hydrogen-bond acceptors (Lipinski definition) is 5. The molecule has 2 aromatic carbocycles. The number of carbonyl (C=O) groups is 1. The molecule has 0 aromatic heterocycles. The molecule has 1 amide bonds. The summed E-state index contributed by atoms with van der Waals surface area (Å²) < 4.78 is 11.4. The lowest BCUT2D eigenvalue weighted by Crippen LogP contribution is -2.65. The number of benzene rings is 2. The van der Waals surface area contributed by atoms with Crippen molar-refractivity contribution in [3.8, 4) is 11.1 Å². The molecule has 1 aliphatic carbocycles. The molecule has 1 saturated heterocycles. The molecule has 0 bridgehead atoms. The van der Waals surface area contributed by atoms with Gasteiger partial charge >= 0.3 is 6.09 Å². The first-order valence-electron chi connectivity index (χ1n) is 10.0. The molecule has 6 nitrogen and oxygen atoms in total. The van der Waals surface area contributed by atoms with Gasteiger partial charge in [-0.2, -0.15) is 0 Å². The van der Waals surface area contributed by atoms with Gasteiger partial charge in [-0.05, 0) is 36.3 Å². The summed E-state index contributed by atoms with van der Waals surface area (Å²) in [6.07, 6.45) is -0.397. The molecular formula is C23H28N2O4. The molecule has 1 fully saturated rings. The molecule has 0 spiro atoms. The van der Waals surface area contributed by atoms with Crippen LogP contribution in [0.1, 0.15) is 17.0 Å². The zero-order valence-electron chi connectivity index (χ0n) is 17.0. The molecule has 1 atom stereocenters. The van der Waals surface area contributed by atoms with Crippen molar-refractivity contribution in [3.05, 3.63) is 59.7 Å². The number of amides is 1. The van der Waals surface area contributed by atoms with Gasteiger partial charge in [-0.15, -0.1) is 0 Å². The van der Waals surface area contributed by atoms with Gasteiger partial charge in [0.05, 0.1) is 19.8 Å². The van der Waals surface area contributed by atoms with Crippen LogP contribution >= 0.6 is 0 Å². The number of nitrogens with zero attached hydrogens (tertiary/aromatic N) is 2. The molecular weight excluding hydrogens is 368 g/mol. The number of likely N-dealkylation sites (N-methyl/N-ethyl adjacent to an activating group) is 1. The van der Waals surface area contributed by atoms with Gasteiger partial charge in [-0.1, -0.05) is 48.5 Å². The fourth-order valence-electron chi connectivity index (χ4n) is 4.59. The van der Waals surface area contributed by atoms with E-state index in [-0.39, 0.29) is 19.1 Å². The molecule has 154 valence electrons. The van der Waals surface area contributed by atoms with Crippen LogP contribution in [0.15, 0.2) is 48.5 Å². The summed E-state index contributed by atoms with van der Waals surface area (Å²) in [5, 5.41) is 10.1. The fourth-order valence-corrected chi connectivity index (χ4v) is 4.59. The van der Waals surface area contributed by atoms with Crippen LogP contribution < -0.4 is 0 Å². The van der Waals surface area contributed by atoms with Crippen molar-refractivity contribution in [2.45, 2.75) is 11.5 Å². The molecule has 2 aromatic rings. The Hall–Kier alpha value is -2.41. The topological polar surface area (TPSA) is 62.2 Å². The average Bonchev–Trinajstić information content (AvgIpc) is 3.06. The molecule has 1 unspecified atom stereocenters. The second kappa shape index (κ2) is 8.14. The van der Waals surface area contributed by atoms with Crippen molar-refractivity contribution < 1.29 is 19.4 Å². The van der Waals surface area contributed by atoms with E-state index in [0.29, 0.717) is 26.3 Å². The minimum atomic E-state index is -0.787. The van der Waals surface area contributed by atoms with Gasteiger partial charge in [0.2, 0.25) is 0 Å². The summed E-state index contributed by atoms with van der Waals surface area (Å²) in [5.74, 6) is 0.0183. The predicted octanol–water partition coefficient (Wildman–Crippen LogP) is 2.56. The fraction of sp³-hybridized carbons (Fsp3) is 0.435. The van der Waals surface area contributed by atoms with Gasteiger partial charge in [0.25, 0.3) is 0 Å². The second-order valence-electron chi connectivity index (χ2n) is 8.13. The van der Waals surface area contributed by atoms with Crippen molar-refractivity contribution in [3.63, 3.8) is 0 Å². The van der Waals surface area contributed by atoms with Crippen LogP contribution in [0.4, 0.5) is 4.79 Å². The van der Waals surface area contributed by atoms with Crippen LogP contribution in [0.5, 0.6) is 0 Å². The van der Waals surface area contributed by atoms with E-state index in [1.807, 2.05) is 43.3 Å². The van der Waals surface area contributed by atoms with Crippen LogP contribution in [0.25, 0.3) is 11.1 Å². The molecule has 29 heavy (non-hydrogen) atoms. The van der Waals surface area contributed by atoms with E-state index in [4.69, 9.17) is 9.47 Å². The van der Waals surface area contributed by atoms with Crippen molar-refractivity contribution in [2.24, 2.45) is 0 Å². The number of fused-ring (bicyclic) bond motifs is 3. The Balaban J connectivity index is 1.53. The molecule has 0 saturated carbocycles. The third-order valence-electron chi connectivity index (χ3n) is 5.86. The van der Waals surface area contributed by atoms with Crippen LogP contribution in [0.2, 0.25) is 0 Å². The lowest BCUT2D eigenvalue weighted by Gasteiger charge is -2.46. The largest absolute Gasteiger partial charge is 0.448 e. The Kier molecular flexibility index (Phi) is 5.58.